The lowest BCUT2D eigenvalue weighted by atomic mass is 9.86. The maximum Gasteiger partial charge on any atom is 0.313 e. The third-order valence-corrected chi connectivity index (χ3v) is 4.26. The fourth-order valence-electron chi connectivity index (χ4n) is 2.49. The summed E-state index contributed by atoms with van der Waals surface area (Å²) in [6, 6.07) is 7.25. The summed E-state index contributed by atoms with van der Waals surface area (Å²) in [4.78, 5) is 23.7. The van der Waals surface area contributed by atoms with Gasteiger partial charge >= 0.3 is 11.8 Å². The summed E-state index contributed by atoms with van der Waals surface area (Å²) < 4.78 is 0.927. The summed E-state index contributed by atoms with van der Waals surface area (Å²) in [5.74, 6) is -0.718. The molecule has 1 aromatic carbocycles. The molecule has 1 aliphatic rings. The van der Waals surface area contributed by atoms with Crippen LogP contribution in [0.4, 0.5) is 5.69 Å². The van der Waals surface area contributed by atoms with E-state index >= 15 is 0 Å². The van der Waals surface area contributed by atoms with Crippen molar-refractivity contribution in [1.29, 1.82) is 0 Å². The van der Waals surface area contributed by atoms with Gasteiger partial charge in [-0.05, 0) is 43.0 Å². The van der Waals surface area contributed by atoms with E-state index in [0.29, 0.717) is 11.6 Å². The predicted octanol–water partition coefficient (Wildman–Crippen LogP) is 3.08. The van der Waals surface area contributed by atoms with E-state index in [2.05, 4.69) is 33.5 Å². The normalized spacial score (nSPS) is 22.1. The fraction of sp³-hybridized carbons (Fsp3) is 0.467. The quantitative estimate of drug-likeness (QED) is 0.814. The van der Waals surface area contributed by atoms with Crippen LogP contribution in [0.3, 0.4) is 0 Å². The molecule has 0 heterocycles. The van der Waals surface area contributed by atoms with Gasteiger partial charge in [-0.3, -0.25) is 9.59 Å². The van der Waals surface area contributed by atoms with Crippen molar-refractivity contribution in [2.75, 3.05) is 5.32 Å². The van der Waals surface area contributed by atoms with Crippen molar-refractivity contribution in [3.63, 3.8) is 0 Å². The second-order valence-electron chi connectivity index (χ2n) is 5.30. The Balaban J connectivity index is 1.88. The Kier molecular flexibility index (Phi) is 5.17. The van der Waals surface area contributed by atoms with Gasteiger partial charge in [0.25, 0.3) is 0 Å². The molecule has 2 atom stereocenters. The Hall–Kier alpha value is -1.36. The first-order valence-electron chi connectivity index (χ1n) is 6.93. The third-order valence-electron chi connectivity index (χ3n) is 3.74. The molecule has 1 aliphatic carbocycles. The number of carbonyl (C=O) groups is 2. The van der Waals surface area contributed by atoms with Crippen molar-refractivity contribution < 1.29 is 9.59 Å². The van der Waals surface area contributed by atoms with Gasteiger partial charge in [0, 0.05) is 16.2 Å². The zero-order chi connectivity index (χ0) is 14.5. The SMILES string of the molecule is C[C@@H]1CCCC[C@@H]1NC(=O)C(=O)Nc1ccc(Br)cc1. The zero-order valence-corrected chi connectivity index (χ0v) is 13.1. The van der Waals surface area contributed by atoms with Gasteiger partial charge in [-0.1, -0.05) is 35.7 Å². The van der Waals surface area contributed by atoms with Gasteiger partial charge in [-0.2, -0.15) is 0 Å². The monoisotopic (exact) mass is 338 g/mol. The predicted molar refractivity (Wildman–Crippen MR) is 82.3 cm³/mol. The number of benzene rings is 1. The highest BCUT2D eigenvalue weighted by atomic mass is 79.9. The molecule has 0 aliphatic heterocycles. The molecule has 1 saturated carbocycles. The second-order valence-corrected chi connectivity index (χ2v) is 6.22. The molecule has 5 heteroatoms. The zero-order valence-electron chi connectivity index (χ0n) is 11.5. The number of nitrogens with one attached hydrogen (secondary N) is 2. The van der Waals surface area contributed by atoms with Gasteiger partial charge in [0.1, 0.15) is 0 Å². The Bertz CT molecular complexity index is 487. The minimum atomic E-state index is -0.606. The smallest absolute Gasteiger partial charge is 0.313 e. The summed E-state index contributed by atoms with van der Waals surface area (Å²) in [6.45, 7) is 2.12. The van der Waals surface area contributed by atoms with Crippen LogP contribution in [0.2, 0.25) is 0 Å². The van der Waals surface area contributed by atoms with E-state index in [1.54, 1.807) is 12.1 Å². The number of hydrogen-bond acceptors (Lipinski definition) is 2. The summed E-state index contributed by atoms with van der Waals surface area (Å²) in [5.41, 5.74) is 0.616. The summed E-state index contributed by atoms with van der Waals surface area (Å²) >= 11 is 3.32. The van der Waals surface area contributed by atoms with E-state index < -0.39 is 11.8 Å². The van der Waals surface area contributed by atoms with E-state index in [-0.39, 0.29) is 6.04 Å². The van der Waals surface area contributed by atoms with Crippen LogP contribution in [0.1, 0.15) is 32.6 Å². The third kappa shape index (κ3) is 4.07. The van der Waals surface area contributed by atoms with E-state index in [1.165, 1.54) is 6.42 Å². The van der Waals surface area contributed by atoms with Crippen LogP contribution >= 0.6 is 15.9 Å². The van der Waals surface area contributed by atoms with Crippen LogP contribution in [-0.2, 0) is 9.59 Å². The van der Waals surface area contributed by atoms with Crippen LogP contribution < -0.4 is 10.6 Å². The largest absolute Gasteiger partial charge is 0.345 e. The lowest BCUT2D eigenvalue weighted by Gasteiger charge is -2.29. The van der Waals surface area contributed by atoms with E-state index in [9.17, 15) is 9.59 Å². The fourth-order valence-corrected chi connectivity index (χ4v) is 2.75. The molecule has 2 N–H and O–H groups in total. The first kappa shape index (κ1) is 15.0. The van der Waals surface area contributed by atoms with Crippen molar-refractivity contribution in [2.24, 2.45) is 5.92 Å². The molecule has 4 nitrogen and oxygen atoms in total. The van der Waals surface area contributed by atoms with Gasteiger partial charge < -0.3 is 10.6 Å². The minimum Gasteiger partial charge on any atom is -0.345 e. The first-order chi connectivity index (χ1) is 9.56. The van der Waals surface area contributed by atoms with Gasteiger partial charge in [-0.15, -0.1) is 0 Å². The van der Waals surface area contributed by atoms with Crippen molar-refractivity contribution >= 4 is 33.4 Å². The molecule has 0 bridgehead atoms. The number of amides is 2. The molecule has 0 saturated heterocycles. The van der Waals surface area contributed by atoms with Crippen LogP contribution in [0.25, 0.3) is 0 Å². The molecule has 0 spiro atoms. The number of hydrogen-bond donors (Lipinski definition) is 2. The van der Waals surface area contributed by atoms with Gasteiger partial charge in [0.15, 0.2) is 0 Å². The van der Waals surface area contributed by atoms with Gasteiger partial charge in [-0.25, -0.2) is 0 Å². The Morgan fingerprint density at radius 2 is 1.75 bits per heavy atom. The number of halogens is 1. The average Bonchev–Trinajstić information content (AvgIpc) is 2.44. The maximum absolute atomic E-state index is 11.9. The molecule has 1 fully saturated rings. The molecule has 0 radical (unpaired) electrons. The number of rotatable bonds is 2. The standard InChI is InChI=1S/C15H19BrN2O2/c1-10-4-2-3-5-13(10)18-15(20)14(19)17-12-8-6-11(16)7-9-12/h6-10,13H,2-5H2,1H3,(H,17,19)(H,18,20)/t10-,13+/m1/s1. The molecule has 20 heavy (non-hydrogen) atoms. The highest BCUT2D eigenvalue weighted by Gasteiger charge is 2.25. The van der Waals surface area contributed by atoms with Crippen molar-refractivity contribution in [3.05, 3.63) is 28.7 Å². The Morgan fingerprint density at radius 1 is 1.10 bits per heavy atom. The topological polar surface area (TPSA) is 58.2 Å². The lowest BCUT2D eigenvalue weighted by Crippen LogP contribution is -2.45. The lowest BCUT2D eigenvalue weighted by molar-refractivity contribution is -0.137. The molecular formula is C15H19BrN2O2. The summed E-state index contributed by atoms with van der Waals surface area (Å²) in [5, 5.41) is 5.44. The van der Waals surface area contributed by atoms with Crippen molar-refractivity contribution in [1.82, 2.24) is 5.32 Å². The van der Waals surface area contributed by atoms with Crippen LogP contribution in [0.5, 0.6) is 0 Å². The van der Waals surface area contributed by atoms with Crippen LogP contribution in [0, 0.1) is 5.92 Å². The van der Waals surface area contributed by atoms with E-state index in [1.807, 2.05) is 12.1 Å². The molecule has 1 aromatic rings. The molecule has 0 unspecified atom stereocenters. The van der Waals surface area contributed by atoms with Gasteiger partial charge in [0.2, 0.25) is 0 Å². The summed E-state index contributed by atoms with van der Waals surface area (Å²) in [6.07, 6.45) is 4.39. The van der Waals surface area contributed by atoms with Crippen LogP contribution in [-0.4, -0.2) is 17.9 Å². The molecule has 2 rings (SSSR count). The number of anilines is 1. The molecule has 2 amide bonds. The molecular weight excluding hydrogens is 320 g/mol. The highest BCUT2D eigenvalue weighted by Crippen LogP contribution is 2.23. The summed E-state index contributed by atoms with van der Waals surface area (Å²) in [7, 11) is 0. The molecule has 0 aromatic heterocycles. The van der Waals surface area contributed by atoms with Crippen molar-refractivity contribution in [3.8, 4) is 0 Å². The minimum absolute atomic E-state index is 0.118. The van der Waals surface area contributed by atoms with E-state index in [0.717, 1.165) is 23.7 Å². The second kappa shape index (κ2) is 6.88. The Morgan fingerprint density at radius 3 is 2.40 bits per heavy atom. The van der Waals surface area contributed by atoms with Crippen molar-refractivity contribution in [2.45, 2.75) is 38.6 Å². The number of carbonyl (C=O) groups excluding carboxylic acids is 2. The van der Waals surface area contributed by atoms with E-state index in [4.69, 9.17) is 0 Å². The van der Waals surface area contributed by atoms with Gasteiger partial charge in [0.05, 0.1) is 0 Å². The highest BCUT2D eigenvalue weighted by molar-refractivity contribution is 9.10. The van der Waals surface area contributed by atoms with Crippen LogP contribution in [0.15, 0.2) is 28.7 Å². The molecule has 108 valence electrons. The first-order valence-corrected chi connectivity index (χ1v) is 7.73. The average molecular weight is 339 g/mol. The Labute approximate surface area is 127 Å². The maximum atomic E-state index is 11.9.